The van der Waals surface area contributed by atoms with Crippen LogP contribution in [0.3, 0.4) is 0 Å². The molecular formula is C31H40N4O7. The van der Waals surface area contributed by atoms with E-state index in [0.717, 1.165) is 37.7 Å². The highest BCUT2D eigenvalue weighted by Crippen LogP contribution is 2.32. The number of nitrogens with two attached hydrogens (primary N) is 1. The molecule has 2 aliphatic heterocycles. The van der Waals surface area contributed by atoms with Gasteiger partial charge in [0.05, 0.1) is 25.7 Å². The summed E-state index contributed by atoms with van der Waals surface area (Å²) in [5, 5.41) is 5.42. The average molecular weight is 581 g/mol. The summed E-state index contributed by atoms with van der Waals surface area (Å²) in [7, 11) is 0. The SMILES string of the molecule is C#C[C@@]1(C)CCCOc2cccc(c2)CC(=O)N[C@@H](C2CCCCC2)C(=O)N2C[C@@H](C[C@H]2C(=O)NCC(=O)C(N)=O)O1. The third-order valence-corrected chi connectivity index (χ3v) is 8.31. The predicted molar refractivity (Wildman–Crippen MR) is 153 cm³/mol. The van der Waals surface area contributed by atoms with Gasteiger partial charge >= 0.3 is 0 Å². The fourth-order valence-electron chi connectivity index (χ4n) is 6.06. The summed E-state index contributed by atoms with van der Waals surface area (Å²) in [6.07, 6.45) is 11.0. The van der Waals surface area contributed by atoms with Crippen LogP contribution in [0.15, 0.2) is 24.3 Å². The van der Waals surface area contributed by atoms with Crippen LogP contribution in [0, 0.1) is 18.3 Å². The Bertz CT molecular complexity index is 1240. The Labute approximate surface area is 246 Å². The summed E-state index contributed by atoms with van der Waals surface area (Å²) in [5.41, 5.74) is 4.80. The number of Topliss-reactive ketones (excluding diaryl/α,β-unsaturated/α-hetero) is 1. The second-order valence-corrected chi connectivity index (χ2v) is 11.6. The molecule has 0 unspecified atom stereocenters. The molecule has 1 saturated carbocycles. The number of primary amides is 1. The van der Waals surface area contributed by atoms with E-state index in [9.17, 15) is 24.0 Å². The van der Waals surface area contributed by atoms with Crippen LogP contribution in [0.4, 0.5) is 0 Å². The van der Waals surface area contributed by atoms with Gasteiger partial charge in [0.15, 0.2) is 0 Å². The molecule has 4 N–H and O–H groups in total. The Morgan fingerprint density at radius 3 is 2.67 bits per heavy atom. The van der Waals surface area contributed by atoms with E-state index in [4.69, 9.17) is 21.6 Å². The van der Waals surface area contributed by atoms with Crippen molar-refractivity contribution in [3.05, 3.63) is 29.8 Å². The van der Waals surface area contributed by atoms with Gasteiger partial charge in [-0.15, -0.1) is 6.42 Å². The summed E-state index contributed by atoms with van der Waals surface area (Å²) >= 11 is 0. The summed E-state index contributed by atoms with van der Waals surface area (Å²) in [6.45, 7) is 1.67. The van der Waals surface area contributed by atoms with Crippen molar-refractivity contribution in [2.24, 2.45) is 11.7 Å². The highest BCUT2D eigenvalue weighted by molar-refractivity contribution is 6.36. The number of ether oxygens (including phenoxy) is 2. The van der Waals surface area contributed by atoms with Gasteiger partial charge in [0.25, 0.3) is 5.91 Å². The van der Waals surface area contributed by atoms with Crippen molar-refractivity contribution in [3.63, 3.8) is 0 Å². The van der Waals surface area contributed by atoms with Gasteiger partial charge in [-0.05, 0) is 56.2 Å². The summed E-state index contributed by atoms with van der Waals surface area (Å²) in [5.74, 6) is -0.148. The first kappa shape index (κ1) is 31.0. The maximum Gasteiger partial charge on any atom is 0.286 e. The Kier molecular flexibility index (Phi) is 10.2. The van der Waals surface area contributed by atoms with Crippen LogP contribution in [0.1, 0.15) is 63.9 Å². The lowest BCUT2D eigenvalue weighted by Crippen LogP contribution is -2.56. The molecular weight excluding hydrogens is 540 g/mol. The molecule has 4 atom stereocenters. The zero-order valence-corrected chi connectivity index (χ0v) is 24.1. The number of terminal acetylenes is 1. The minimum Gasteiger partial charge on any atom is -0.494 e. The normalized spacial score (nSPS) is 27.6. The monoisotopic (exact) mass is 580 g/mol. The van der Waals surface area contributed by atoms with Crippen LogP contribution < -0.4 is 21.1 Å². The number of hydrogen-bond donors (Lipinski definition) is 3. The van der Waals surface area contributed by atoms with E-state index < -0.39 is 47.9 Å². The van der Waals surface area contributed by atoms with E-state index in [1.807, 2.05) is 24.3 Å². The van der Waals surface area contributed by atoms with Crippen LogP contribution in [0.5, 0.6) is 5.75 Å². The van der Waals surface area contributed by atoms with E-state index in [1.54, 1.807) is 6.92 Å². The minimum absolute atomic E-state index is 0.0632. The first-order valence-electron chi connectivity index (χ1n) is 14.7. The molecule has 42 heavy (non-hydrogen) atoms. The standard InChI is InChI=1S/C31H40N4O7/c1-3-31(2)13-8-14-41-22-12-7-9-20(15-22)16-26(37)34-27(21-10-5-4-6-11-21)30(40)35-19-23(42-31)17-24(35)29(39)33-18-25(36)28(32)38/h1,7,9,12,15,21,23-24,27H,4-6,8,10-11,13-14,16-19H2,2H3,(H2,32,38)(H,33,39)(H,34,37)/t23-,24+,27+,31+/m1/s1. The van der Waals surface area contributed by atoms with E-state index in [-0.39, 0.29) is 37.1 Å². The Hall–Kier alpha value is -3.91. The molecule has 2 fully saturated rings. The number of nitrogens with zero attached hydrogens (tertiary/aromatic N) is 1. The molecule has 11 heteroatoms. The van der Waals surface area contributed by atoms with E-state index in [2.05, 4.69) is 16.6 Å². The number of hydrogen-bond acceptors (Lipinski definition) is 7. The van der Waals surface area contributed by atoms with Gasteiger partial charge in [0, 0.05) is 13.0 Å². The number of carbonyl (C=O) groups is 5. The molecule has 0 radical (unpaired) electrons. The maximum absolute atomic E-state index is 14.2. The lowest BCUT2D eigenvalue weighted by molar-refractivity contribution is -0.143. The van der Waals surface area contributed by atoms with Gasteiger partial charge in [-0.3, -0.25) is 24.0 Å². The van der Waals surface area contributed by atoms with Crippen LogP contribution >= 0.6 is 0 Å². The van der Waals surface area contributed by atoms with Crippen LogP contribution in [0.2, 0.25) is 0 Å². The minimum atomic E-state index is -1.16. The van der Waals surface area contributed by atoms with Crippen molar-refractivity contribution in [3.8, 4) is 18.1 Å². The van der Waals surface area contributed by atoms with Crippen LogP contribution in [0.25, 0.3) is 0 Å². The van der Waals surface area contributed by atoms with E-state index in [0.29, 0.717) is 25.2 Å². The zero-order valence-electron chi connectivity index (χ0n) is 24.1. The fraction of sp³-hybridized carbons (Fsp3) is 0.581. The van der Waals surface area contributed by atoms with E-state index >= 15 is 0 Å². The van der Waals surface area contributed by atoms with Crippen LogP contribution in [-0.4, -0.2) is 77.8 Å². The highest BCUT2D eigenvalue weighted by atomic mass is 16.5. The molecule has 1 aromatic rings. The van der Waals surface area contributed by atoms with E-state index in [1.165, 1.54) is 4.90 Å². The molecule has 4 amide bonds. The largest absolute Gasteiger partial charge is 0.494 e. The Balaban J connectivity index is 1.65. The summed E-state index contributed by atoms with van der Waals surface area (Å²) in [6, 6.07) is 5.46. The topological polar surface area (TPSA) is 157 Å². The van der Waals surface area contributed by atoms with Crippen molar-refractivity contribution < 1.29 is 33.4 Å². The molecule has 4 bridgehead atoms. The number of rotatable bonds is 5. The number of carbonyl (C=O) groups excluding carboxylic acids is 5. The number of ketones is 1. The lowest BCUT2D eigenvalue weighted by atomic mass is 9.83. The average Bonchev–Trinajstić information content (AvgIpc) is 3.40. The molecule has 4 rings (SSSR count). The number of fused-ring (bicyclic) bond motifs is 4. The third-order valence-electron chi connectivity index (χ3n) is 8.31. The van der Waals surface area contributed by atoms with Gasteiger partial charge in [-0.2, -0.15) is 0 Å². The fourth-order valence-corrected chi connectivity index (χ4v) is 6.06. The van der Waals surface area contributed by atoms with Crippen molar-refractivity contribution in [2.75, 3.05) is 19.7 Å². The van der Waals surface area contributed by atoms with Gasteiger partial charge in [0.2, 0.25) is 23.5 Å². The molecule has 226 valence electrons. The molecule has 1 aromatic carbocycles. The maximum atomic E-state index is 14.2. The first-order valence-corrected chi connectivity index (χ1v) is 14.7. The molecule has 1 aliphatic carbocycles. The van der Waals surface area contributed by atoms with Crippen molar-refractivity contribution in [2.45, 2.75) is 88.5 Å². The van der Waals surface area contributed by atoms with Crippen LogP contribution in [-0.2, 0) is 35.1 Å². The Morgan fingerprint density at radius 2 is 1.95 bits per heavy atom. The smallest absolute Gasteiger partial charge is 0.286 e. The molecule has 0 aromatic heterocycles. The quantitative estimate of drug-likeness (QED) is 0.347. The van der Waals surface area contributed by atoms with Crippen molar-refractivity contribution in [1.82, 2.24) is 15.5 Å². The highest BCUT2D eigenvalue weighted by Gasteiger charge is 2.46. The predicted octanol–water partition coefficient (Wildman–Crippen LogP) is 1.02. The molecule has 11 nitrogen and oxygen atoms in total. The number of amides is 4. The first-order chi connectivity index (χ1) is 20.1. The molecule has 3 aliphatic rings. The molecule has 0 spiro atoms. The van der Waals surface area contributed by atoms with Gasteiger partial charge in [-0.1, -0.05) is 37.3 Å². The van der Waals surface area contributed by atoms with Gasteiger partial charge in [0.1, 0.15) is 23.4 Å². The number of benzene rings is 1. The summed E-state index contributed by atoms with van der Waals surface area (Å²) in [4.78, 5) is 65.2. The van der Waals surface area contributed by atoms with Gasteiger partial charge in [-0.25, -0.2) is 0 Å². The summed E-state index contributed by atoms with van der Waals surface area (Å²) < 4.78 is 12.3. The van der Waals surface area contributed by atoms with Crippen molar-refractivity contribution >= 4 is 29.4 Å². The molecule has 2 heterocycles. The Morgan fingerprint density at radius 1 is 1.19 bits per heavy atom. The second-order valence-electron chi connectivity index (χ2n) is 11.6. The van der Waals surface area contributed by atoms with Crippen molar-refractivity contribution in [1.29, 1.82) is 0 Å². The third kappa shape index (κ3) is 7.88. The lowest BCUT2D eigenvalue weighted by Gasteiger charge is -2.34. The molecule has 1 saturated heterocycles. The zero-order chi connectivity index (χ0) is 30.3. The second kappa shape index (κ2) is 13.8. The number of nitrogens with one attached hydrogen (secondary N) is 2. The van der Waals surface area contributed by atoms with Gasteiger partial charge < -0.3 is 30.7 Å².